The summed E-state index contributed by atoms with van der Waals surface area (Å²) in [5.41, 5.74) is -0.0737. The van der Waals surface area contributed by atoms with Crippen molar-refractivity contribution < 1.29 is 24.6 Å². The second-order valence-corrected chi connectivity index (χ2v) is 4.24. The van der Waals surface area contributed by atoms with Crippen LogP contribution in [-0.2, 0) is 4.79 Å². The van der Waals surface area contributed by atoms with Gasteiger partial charge in [0.05, 0.1) is 0 Å². The van der Waals surface area contributed by atoms with Crippen LogP contribution in [0.3, 0.4) is 0 Å². The Bertz CT molecular complexity index is 572. The lowest BCUT2D eigenvalue weighted by molar-refractivity contribution is -0.123. The first-order chi connectivity index (χ1) is 9.47. The molecule has 20 heavy (non-hydrogen) atoms. The van der Waals surface area contributed by atoms with Crippen LogP contribution >= 0.6 is 0 Å². The number of anilines is 1. The molecule has 1 fully saturated rings. The number of phenols is 1. The van der Waals surface area contributed by atoms with Crippen molar-refractivity contribution in [3.63, 3.8) is 0 Å². The Kier molecular flexibility index (Phi) is 3.74. The van der Waals surface area contributed by atoms with E-state index in [0.717, 1.165) is 6.07 Å². The number of rotatable bonds is 2. The van der Waals surface area contributed by atoms with Crippen LogP contribution in [0, 0.1) is 0 Å². The average molecular weight is 279 g/mol. The molecule has 4 N–H and O–H groups in total. The summed E-state index contributed by atoms with van der Waals surface area (Å²) in [6, 6.07) is 3.22. The standard InChI is InChI=1S/C12H13N3O5/c16-9-2-1-7(5-8(9)11(18)19)14-12(20)15-4-3-13-10(17)6-15/h1-2,5,16H,3-4,6H2,(H,13,17)(H,14,20)(H,18,19). The van der Waals surface area contributed by atoms with Crippen LogP contribution < -0.4 is 10.6 Å². The smallest absolute Gasteiger partial charge is 0.339 e. The number of carbonyl (C=O) groups excluding carboxylic acids is 2. The molecule has 0 aromatic heterocycles. The third kappa shape index (κ3) is 2.97. The van der Waals surface area contributed by atoms with E-state index in [0.29, 0.717) is 13.1 Å². The Morgan fingerprint density at radius 3 is 2.75 bits per heavy atom. The molecule has 106 valence electrons. The number of benzene rings is 1. The minimum Gasteiger partial charge on any atom is -0.507 e. The molecule has 0 aliphatic carbocycles. The van der Waals surface area contributed by atoms with Gasteiger partial charge in [-0.25, -0.2) is 9.59 Å². The molecular weight excluding hydrogens is 266 g/mol. The molecule has 1 aliphatic heterocycles. The molecule has 0 spiro atoms. The van der Waals surface area contributed by atoms with Crippen LogP contribution in [0.1, 0.15) is 10.4 Å². The number of carbonyl (C=O) groups is 3. The van der Waals surface area contributed by atoms with Crippen LogP contribution in [0.4, 0.5) is 10.5 Å². The third-order valence-corrected chi connectivity index (χ3v) is 2.80. The molecule has 3 amide bonds. The first-order valence-corrected chi connectivity index (χ1v) is 5.86. The number of amides is 3. The topological polar surface area (TPSA) is 119 Å². The van der Waals surface area contributed by atoms with E-state index in [1.54, 1.807) is 0 Å². The molecule has 0 unspecified atom stereocenters. The van der Waals surface area contributed by atoms with E-state index >= 15 is 0 Å². The molecule has 0 atom stereocenters. The maximum atomic E-state index is 11.9. The van der Waals surface area contributed by atoms with Gasteiger partial charge in [-0.3, -0.25) is 4.79 Å². The van der Waals surface area contributed by atoms with Gasteiger partial charge >= 0.3 is 12.0 Å². The summed E-state index contributed by atoms with van der Waals surface area (Å²) in [4.78, 5) is 35.3. The first-order valence-electron chi connectivity index (χ1n) is 5.86. The van der Waals surface area contributed by atoms with Crippen LogP contribution in [0.5, 0.6) is 5.75 Å². The number of hydrogen-bond donors (Lipinski definition) is 4. The van der Waals surface area contributed by atoms with Crippen molar-refractivity contribution in [2.75, 3.05) is 25.0 Å². The van der Waals surface area contributed by atoms with Gasteiger partial charge in [0.2, 0.25) is 5.91 Å². The van der Waals surface area contributed by atoms with Gasteiger partial charge in [-0.2, -0.15) is 0 Å². The molecule has 1 aromatic rings. The number of carboxylic acids is 1. The maximum Gasteiger partial charge on any atom is 0.339 e. The lowest BCUT2D eigenvalue weighted by Gasteiger charge is -2.26. The van der Waals surface area contributed by atoms with Crippen molar-refractivity contribution in [2.45, 2.75) is 0 Å². The monoisotopic (exact) mass is 279 g/mol. The highest BCUT2D eigenvalue weighted by Gasteiger charge is 2.21. The average Bonchev–Trinajstić information content (AvgIpc) is 2.40. The van der Waals surface area contributed by atoms with Gasteiger partial charge in [-0.05, 0) is 18.2 Å². The fourth-order valence-corrected chi connectivity index (χ4v) is 1.80. The zero-order valence-corrected chi connectivity index (χ0v) is 10.4. The summed E-state index contributed by atoms with van der Waals surface area (Å²) in [6.07, 6.45) is 0. The van der Waals surface area contributed by atoms with Crippen LogP contribution in [0.25, 0.3) is 0 Å². The second-order valence-electron chi connectivity index (χ2n) is 4.24. The highest BCUT2D eigenvalue weighted by Crippen LogP contribution is 2.21. The number of nitrogens with one attached hydrogen (secondary N) is 2. The van der Waals surface area contributed by atoms with Gasteiger partial charge < -0.3 is 25.7 Å². The van der Waals surface area contributed by atoms with Crippen LogP contribution in [0.2, 0.25) is 0 Å². The maximum absolute atomic E-state index is 11.9. The van der Waals surface area contributed by atoms with E-state index in [-0.39, 0.29) is 29.5 Å². The summed E-state index contributed by atoms with van der Waals surface area (Å²) in [6.45, 7) is 0.708. The predicted octanol–water partition coefficient (Wildman–Crippen LogP) is 0.0541. The number of hydrogen-bond acceptors (Lipinski definition) is 4. The van der Waals surface area contributed by atoms with Crippen molar-refractivity contribution in [3.8, 4) is 5.75 Å². The highest BCUT2D eigenvalue weighted by molar-refractivity contribution is 5.96. The van der Waals surface area contributed by atoms with Crippen LogP contribution in [0.15, 0.2) is 18.2 Å². The van der Waals surface area contributed by atoms with Gasteiger partial charge in [0.15, 0.2) is 0 Å². The third-order valence-electron chi connectivity index (χ3n) is 2.80. The molecule has 0 saturated carbocycles. The quantitative estimate of drug-likeness (QED) is 0.570. The summed E-state index contributed by atoms with van der Waals surface area (Å²) in [7, 11) is 0. The molecule has 0 bridgehead atoms. The van der Waals surface area contributed by atoms with Crippen molar-refractivity contribution >= 4 is 23.6 Å². The number of carboxylic acid groups (broad SMARTS) is 1. The van der Waals surface area contributed by atoms with E-state index in [1.807, 2.05) is 0 Å². The fraction of sp³-hybridized carbons (Fsp3) is 0.250. The Labute approximate surface area is 114 Å². The molecule has 1 heterocycles. The molecule has 2 rings (SSSR count). The van der Waals surface area contributed by atoms with Crippen molar-refractivity contribution in [1.29, 1.82) is 0 Å². The van der Waals surface area contributed by atoms with E-state index < -0.39 is 12.0 Å². The van der Waals surface area contributed by atoms with Gasteiger partial charge in [-0.15, -0.1) is 0 Å². The molecular formula is C12H13N3O5. The molecule has 1 saturated heterocycles. The highest BCUT2D eigenvalue weighted by atomic mass is 16.4. The first kappa shape index (κ1) is 13.7. The molecule has 1 aromatic carbocycles. The van der Waals surface area contributed by atoms with Gasteiger partial charge in [0.25, 0.3) is 0 Å². The Morgan fingerprint density at radius 1 is 1.35 bits per heavy atom. The lowest BCUT2D eigenvalue weighted by Crippen LogP contribution is -2.51. The normalized spacial score (nSPS) is 14.6. The number of aromatic carboxylic acids is 1. The molecule has 1 aliphatic rings. The van der Waals surface area contributed by atoms with Gasteiger partial charge in [-0.1, -0.05) is 0 Å². The predicted molar refractivity (Wildman–Crippen MR) is 68.7 cm³/mol. The van der Waals surface area contributed by atoms with Gasteiger partial charge in [0.1, 0.15) is 17.9 Å². The Hall–Kier alpha value is -2.77. The number of nitrogens with zero attached hydrogens (tertiary/aromatic N) is 1. The SMILES string of the molecule is O=C1CN(C(=O)Nc2ccc(O)c(C(=O)O)c2)CCN1. The number of urea groups is 1. The summed E-state index contributed by atoms with van der Waals surface area (Å²) < 4.78 is 0. The summed E-state index contributed by atoms with van der Waals surface area (Å²) in [5, 5.41) is 23.3. The second kappa shape index (κ2) is 5.47. The molecule has 0 radical (unpaired) electrons. The van der Waals surface area contributed by atoms with Crippen LogP contribution in [-0.4, -0.2) is 52.7 Å². The summed E-state index contributed by atoms with van der Waals surface area (Å²) in [5.74, 6) is -1.92. The fourth-order valence-electron chi connectivity index (χ4n) is 1.80. The summed E-state index contributed by atoms with van der Waals surface area (Å²) >= 11 is 0. The van der Waals surface area contributed by atoms with Crippen molar-refractivity contribution in [1.82, 2.24) is 10.2 Å². The zero-order valence-electron chi connectivity index (χ0n) is 10.4. The van der Waals surface area contributed by atoms with Gasteiger partial charge in [0, 0.05) is 18.8 Å². The largest absolute Gasteiger partial charge is 0.507 e. The zero-order chi connectivity index (χ0) is 14.7. The number of piperazine rings is 1. The van der Waals surface area contributed by atoms with Crippen molar-refractivity contribution in [2.24, 2.45) is 0 Å². The molecule has 8 heteroatoms. The van der Waals surface area contributed by atoms with E-state index in [1.165, 1.54) is 17.0 Å². The minimum atomic E-state index is -1.30. The Balaban J connectivity index is 2.09. The molecule has 8 nitrogen and oxygen atoms in total. The Morgan fingerprint density at radius 2 is 2.10 bits per heavy atom. The van der Waals surface area contributed by atoms with E-state index in [2.05, 4.69) is 10.6 Å². The van der Waals surface area contributed by atoms with E-state index in [9.17, 15) is 19.5 Å². The van der Waals surface area contributed by atoms with E-state index in [4.69, 9.17) is 5.11 Å². The van der Waals surface area contributed by atoms with Crippen molar-refractivity contribution in [3.05, 3.63) is 23.8 Å². The minimum absolute atomic E-state index is 0.0459. The lowest BCUT2D eigenvalue weighted by atomic mass is 10.2. The number of aromatic hydroxyl groups is 1.